The van der Waals surface area contributed by atoms with E-state index in [9.17, 15) is 19.2 Å². The van der Waals surface area contributed by atoms with E-state index >= 15 is 0 Å². The van der Waals surface area contributed by atoms with Gasteiger partial charge in [-0.3, -0.25) is 24.1 Å². The highest BCUT2D eigenvalue weighted by Crippen LogP contribution is 2.36. The third-order valence-electron chi connectivity index (χ3n) is 3.33. The van der Waals surface area contributed by atoms with Gasteiger partial charge in [-0.05, 0) is 19.1 Å². The van der Waals surface area contributed by atoms with Gasteiger partial charge in [0.05, 0.1) is 12.1 Å². The number of primary amides is 1. The number of hydrogen-bond donors (Lipinski definition) is 3. The predicted molar refractivity (Wildman–Crippen MR) is 83.6 cm³/mol. The van der Waals surface area contributed by atoms with E-state index in [0.717, 1.165) is 0 Å². The quantitative estimate of drug-likeness (QED) is 0.673. The Hall–Kier alpha value is -3.10. The molecule has 128 valence electrons. The van der Waals surface area contributed by atoms with Crippen molar-refractivity contribution in [3.8, 4) is 5.75 Å². The molecular weight excluding hydrogens is 318 g/mol. The molecule has 9 heteroatoms. The summed E-state index contributed by atoms with van der Waals surface area (Å²) in [5, 5.41) is 11.1. The lowest BCUT2D eigenvalue weighted by atomic mass is 10.1. The highest BCUT2D eigenvalue weighted by atomic mass is 16.5. The maximum absolute atomic E-state index is 12.1. The molecule has 0 saturated carbocycles. The van der Waals surface area contributed by atoms with Crippen LogP contribution in [0.15, 0.2) is 18.2 Å². The highest BCUT2D eigenvalue weighted by Gasteiger charge is 2.32. The average molecular weight is 335 g/mol. The number of nitrogens with one attached hydrogen (secondary N) is 1. The maximum atomic E-state index is 12.1. The van der Waals surface area contributed by atoms with Gasteiger partial charge < -0.3 is 20.9 Å². The van der Waals surface area contributed by atoms with E-state index < -0.39 is 23.9 Å². The van der Waals surface area contributed by atoms with E-state index in [1.807, 2.05) is 0 Å². The molecule has 24 heavy (non-hydrogen) atoms. The third kappa shape index (κ3) is 4.00. The molecule has 0 aromatic heterocycles. The topological polar surface area (TPSA) is 139 Å². The van der Waals surface area contributed by atoms with Crippen molar-refractivity contribution in [1.82, 2.24) is 0 Å². The zero-order valence-corrected chi connectivity index (χ0v) is 12.9. The zero-order valence-electron chi connectivity index (χ0n) is 12.9. The number of fused-ring (bicyclic) bond motifs is 1. The number of aliphatic carboxylic acids is 1. The number of benzene rings is 1. The lowest BCUT2D eigenvalue weighted by molar-refractivity contribution is -0.138. The van der Waals surface area contributed by atoms with Crippen molar-refractivity contribution in [3.05, 3.63) is 18.2 Å². The molecule has 0 radical (unpaired) electrons. The van der Waals surface area contributed by atoms with Crippen molar-refractivity contribution in [2.24, 2.45) is 5.73 Å². The molecule has 4 N–H and O–H groups in total. The van der Waals surface area contributed by atoms with Crippen LogP contribution in [0.4, 0.5) is 11.4 Å². The van der Waals surface area contributed by atoms with Gasteiger partial charge in [-0.2, -0.15) is 0 Å². The number of carboxylic acids is 1. The van der Waals surface area contributed by atoms with Crippen LogP contribution in [0.25, 0.3) is 0 Å². The molecule has 9 nitrogen and oxygen atoms in total. The van der Waals surface area contributed by atoms with Gasteiger partial charge in [0.15, 0.2) is 6.10 Å². The van der Waals surface area contributed by atoms with Crippen molar-refractivity contribution < 1.29 is 29.0 Å². The number of nitrogens with zero attached hydrogens (tertiary/aromatic N) is 1. The van der Waals surface area contributed by atoms with Gasteiger partial charge in [0.25, 0.3) is 5.91 Å². The molecule has 3 amide bonds. The molecule has 0 fully saturated rings. The number of hydrogen-bond acceptors (Lipinski definition) is 5. The molecule has 1 aromatic rings. The molecule has 2 rings (SSSR count). The zero-order chi connectivity index (χ0) is 17.9. The minimum absolute atomic E-state index is 0.157. The number of ether oxygens (including phenoxy) is 1. The fourth-order valence-corrected chi connectivity index (χ4v) is 2.25. The van der Waals surface area contributed by atoms with E-state index in [2.05, 4.69) is 5.32 Å². The molecule has 0 aliphatic carbocycles. The van der Waals surface area contributed by atoms with Gasteiger partial charge in [-0.1, -0.05) is 0 Å². The number of nitrogens with two attached hydrogens (primary N) is 1. The van der Waals surface area contributed by atoms with Gasteiger partial charge in [0, 0.05) is 18.2 Å². The molecule has 1 aliphatic heterocycles. The van der Waals surface area contributed by atoms with Crippen LogP contribution in [0.2, 0.25) is 0 Å². The Morgan fingerprint density at radius 3 is 2.67 bits per heavy atom. The summed E-state index contributed by atoms with van der Waals surface area (Å²) >= 11 is 0. The van der Waals surface area contributed by atoms with E-state index in [1.54, 1.807) is 0 Å². The third-order valence-corrected chi connectivity index (χ3v) is 3.33. The number of carboxylic acid groups (broad SMARTS) is 1. The fraction of sp³-hybridized carbons (Fsp3) is 0.333. The van der Waals surface area contributed by atoms with Gasteiger partial charge in [0.2, 0.25) is 11.8 Å². The molecule has 1 atom stereocenters. The highest BCUT2D eigenvalue weighted by molar-refractivity contribution is 6.04. The van der Waals surface area contributed by atoms with Crippen LogP contribution in [-0.2, 0) is 19.2 Å². The van der Waals surface area contributed by atoms with E-state index in [1.165, 1.54) is 30.0 Å². The monoisotopic (exact) mass is 335 g/mol. The molecule has 0 spiro atoms. The lowest BCUT2D eigenvalue weighted by Gasteiger charge is -2.32. The van der Waals surface area contributed by atoms with E-state index in [4.69, 9.17) is 15.6 Å². The summed E-state index contributed by atoms with van der Waals surface area (Å²) in [6, 6.07) is 4.55. The van der Waals surface area contributed by atoms with E-state index in [-0.39, 0.29) is 25.3 Å². The Morgan fingerprint density at radius 2 is 2.04 bits per heavy atom. The first-order chi connectivity index (χ1) is 11.3. The van der Waals surface area contributed by atoms with Crippen LogP contribution < -0.4 is 20.7 Å². The summed E-state index contributed by atoms with van der Waals surface area (Å²) in [5.74, 6) is -2.24. The predicted octanol–water partition coefficient (Wildman–Crippen LogP) is 0.0891. The first-order valence-corrected chi connectivity index (χ1v) is 7.20. The minimum Gasteiger partial charge on any atom is -0.481 e. The largest absolute Gasteiger partial charge is 0.481 e. The summed E-state index contributed by atoms with van der Waals surface area (Å²) in [6.45, 7) is 1.27. The Balaban J connectivity index is 2.19. The summed E-state index contributed by atoms with van der Waals surface area (Å²) < 4.78 is 5.49. The second-order valence-corrected chi connectivity index (χ2v) is 5.28. The molecule has 0 bridgehead atoms. The van der Waals surface area contributed by atoms with Gasteiger partial charge in [0.1, 0.15) is 12.3 Å². The fourth-order valence-electron chi connectivity index (χ4n) is 2.25. The van der Waals surface area contributed by atoms with Crippen molar-refractivity contribution >= 4 is 35.1 Å². The van der Waals surface area contributed by atoms with Crippen LogP contribution in [-0.4, -0.2) is 41.4 Å². The van der Waals surface area contributed by atoms with Gasteiger partial charge in [-0.15, -0.1) is 0 Å². The number of amides is 3. The van der Waals surface area contributed by atoms with Crippen molar-refractivity contribution in [2.45, 2.75) is 25.9 Å². The molecule has 0 saturated heterocycles. The minimum atomic E-state index is -1.06. The summed E-state index contributed by atoms with van der Waals surface area (Å²) in [6.07, 6.45) is -1.23. The Bertz CT molecular complexity index is 702. The molecule has 1 aromatic carbocycles. The summed E-state index contributed by atoms with van der Waals surface area (Å²) in [7, 11) is 0. The van der Waals surface area contributed by atoms with Crippen LogP contribution in [0.1, 0.15) is 19.8 Å². The molecule has 1 unspecified atom stereocenters. The molecule has 1 aliphatic rings. The van der Waals surface area contributed by atoms with Crippen molar-refractivity contribution in [2.75, 3.05) is 16.8 Å². The Labute approximate surface area is 137 Å². The van der Waals surface area contributed by atoms with Crippen molar-refractivity contribution in [3.63, 3.8) is 0 Å². The lowest BCUT2D eigenvalue weighted by Crippen LogP contribution is -2.47. The standard InChI is InChI=1S/C15H17N3O6/c1-8-15(23)18(7-12(16)19)10-3-2-9(6-11(10)24-8)17-13(20)4-5-14(21)22/h2-3,6,8H,4-5,7H2,1H3,(H2,16,19)(H,17,20)(H,21,22). The Kier molecular flexibility index (Phi) is 5.02. The number of carbonyl (C=O) groups is 4. The van der Waals surface area contributed by atoms with Crippen LogP contribution >= 0.6 is 0 Å². The number of rotatable bonds is 6. The first-order valence-electron chi connectivity index (χ1n) is 7.20. The van der Waals surface area contributed by atoms with Crippen LogP contribution in [0.3, 0.4) is 0 Å². The van der Waals surface area contributed by atoms with E-state index in [0.29, 0.717) is 17.1 Å². The second kappa shape index (κ2) is 6.99. The van der Waals surface area contributed by atoms with Crippen molar-refractivity contribution in [1.29, 1.82) is 0 Å². The average Bonchev–Trinajstić information content (AvgIpc) is 2.49. The first kappa shape index (κ1) is 17.3. The molecule has 1 heterocycles. The van der Waals surface area contributed by atoms with Gasteiger partial charge >= 0.3 is 5.97 Å². The van der Waals surface area contributed by atoms with Gasteiger partial charge in [-0.25, -0.2) is 0 Å². The summed E-state index contributed by atoms with van der Waals surface area (Å²) in [5.41, 5.74) is 5.93. The number of anilines is 2. The number of carbonyl (C=O) groups excluding carboxylic acids is 3. The Morgan fingerprint density at radius 1 is 1.33 bits per heavy atom. The molecular formula is C15H17N3O6. The normalized spacial score (nSPS) is 16.1. The second-order valence-electron chi connectivity index (χ2n) is 5.28. The van der Waals surface area contributed by atoms with Crippen LogP contribution in [0.5, 0.6) is 5.75 Å². The summed E-state index contributed by atoms with van der Waals surface area (Å²) in [4.78, 5) is 46.6. The SMILES string of the molecule is CC1Oc2cc(NC(=O)CCC(=O)O)ccc2N(CC(N)=O)C1=O. The maximum Gasteiger partial charge on any atom is 0.303 e. The van der Waals surface area contributed by atoms with Crippen LogP contribution in [0, 0.1) is 0 Å². The smallest absolute Gasteiger partial charge is 0.303 e.